The zero-order chi connectivity index (χ0) is 17.7. The van der Waals surface area contributed by atoms with E-state index in [1.165, 1.54) is 0 Å². The first-order valence-electron chi connectivity index (χ1n) is 8.05. The van der Waals surface area contributed by atoms with Gasteiger partial charge in [0.2, 0.25) is 0 Å². The van der Waals surface area contributed by atoms with E-state index in [-0.39, 0.29) is 5.82 Å². The molecule has 26 heavy (non-hydrogen) atoms. The van der Waals surface area contributed by atoms with Crippen LogP contribution in [0.3, 0.4) is 0 Å². The molecule has 1 N–H and O–H groups in total. The van der Waals surface area contributed by atoms with Crippen LogP contribution in [0.2, 0.25) is 0 Å². The predicted octanol–water partition coefficient (Wildman–Crippen LogP) is 2.38. The van der Waals surface area contributed by atoms with Crippen LogP contribution < -0.4 is 11.2 Å². The van der Waals surface area contributed by atoms with Gasteiger partial charge in [-0.1, -0.05) is 18.2 Å². The number of hydrogen-bond acceptors (Lipinski definition) is 5. The van der Waals surface area contributed by atoms with Gasteiger partial charge in [-0.15, -0.1) is 0 Å². The Labute approximate surface area is 145 Å². The number of furan rings is 1. The van der Waals surface area contributed by atoms with Gasteiger partial charge in [-0.2, -0.15) is 4.98 Å². The smallest absolute Gasteiger partial charge is 0.349 e. The zero-order valence-electron chi connectivity index (χ0n) is 13.5. The number of pyridine rings is 2. The van der Waals surface area contributed by atoms with Crippen LogP contribution in [0.15, 0.2) is 68.8 Å². The standard InChI is InChI=1S/C19H12N4O3/c24-18-14-9-12-8-11-4-1-2-6-15(11)20-16(12)23(10-13-5-3-7-26-13)17(14)21-19(25)22-18/h1-9H,10H2,(H,22,24,25). The SMILES string of the molecule is O=c1nc2n(Cc3ccco3)c3nc4ccccc4cc3cc-2c(=O)[nH]1. The third kappa shape index (κ3) is 2.21. The largest absolute Gasteiger partial charge is 0.467 e. The Morgan fingerprint density at radius 3 is 2.73 bits per heavy atom. The summed E-state index contributed by atoms with van der Waals surface area (Å²) in [6.45, 7) is 0.308. The number of aromatic amines is 1. The van der Waals surface area contributed by atoms with Crippen LogP contribution in [0.4, 0.5) is 0 Å². The first-order chi connectivity index (χ1) is 12.7. The van der Waals surface area contributed by atoms with Crippen molar-refractivity contribution in [2.75, 3.05) is 0 Å². The molecule has 0 spiro atoms. The lowest BCUT2D eigenvalue weighted by Crippen LogP contribution is -2.28. The van der Waals surface area contributed by atoms with Gasteiger partial charge in [0.25, 0.3) is 5.56 Å². The summed E-state index contributed by atoms with van der Waals surface area (Å²) in [6.07, 6.45) is 1.57. The van der Waals surface area contributed by atoms with Crippen LogP contribution in [0.5, 0.6) is 0 Å². The minimum Gasteiger partial charge on any atom is -0.467 e. The van der Waals surface area contributed by atoms with Gasteiger partial charge < -0.3 is 8.98 Å². The maximum Gasteiger partial charge on any atom is 0.349 e. The summed E-state index contributed by atoms with van der Waals surface area (Å²) in [5, 5.41) is 1.75. The maximum atomic E-state index is 12.3. The molecule has 7 nitrogen and oxygen atoms in total. The molecule has 2 aromatic heterocycles. The molecule has 1 aromatic carbocycles. The summed E-state index contributed by atoms with van der Waals surface area (Å²) in [5.41, 5.74) is 0.629. The molecule has 0 fully saturated rings. The van der Waals surface area contributed by atoms with Crippen molar-refractivity contribution in [2.24, 2.45) is 0 Å². The molecule has 0 bridgehead atoms. The first-order valence-corrected chi connectivity index (χ1v) is 8.05. The second kappa shape index (κ2) is 5.38. The molecule has 5 rings (SSSR count). The van der Waals surface area contributed by atoms with Crippen LogP contribution in [-0.2, 0) is 6.54 Å². The van der Waals surface area contributed by atoms with E-state index < -0.39 is 11.2 Å². The van der Waals surface area contributed by atoms with Crippen LogP contribution in [0, 0.1) is 0 Å². The highest BCUT2D eigenvalue weighted by molar-refractivity contribution is 5.93. The summed E-state index contributed by atoms with van der Waals surface area (Å²) in [5.74, 6) is 0.957. The number of H-pyrrole nitrogens is 1. The third-order valence-corrected chi connectivity index (χ3v) is 4.35. The topological polar surface area (TPSA) is 93.8 Å². The summed E-state index contributed by atoms with van der Waals surface area (Å²) < 4.78 is 7.19. The van der Waals surface area contributed by atoms with Gasteiger partial charge in [-0.25, -0.2) is 9.78 Å². The van der Waals surface area contributed by atoms with Crippen LogP contribution in [-0.4, -0.2) is 19.5 Å². The molecule has 126 valence electrons. The minimum absolute atomic E-state index is 0.283. The number of hydrogen-bond donors (Lipinski definition) is 1. The quantitative estimate of drug-likeness (QED) is 0.496. The van der Waals surface area contributed by atoms with Gasteiger partial charge in [-0.05, 0) is 30.3 Å². The molecule has 0 amide bonds. The average Bonchev–Trinajstić information content (AvgIpc) is 3.14. The summed E-state index contributed by atoms with van der Waals surface area (Å²) in [7, 11) is 0. The highest BCUT2D eigenvalue weighted by atomic mass is 16.3. The zero-order valence-corrected chi connectivity index (χ0v) is 13.5. The van der Waals surface area contributed by atoms with E-state index in [0.717, 1.165) is 16.3 Å². The van der Waals surface area contributed by atoms with E-state index >= 15 is 0 Å². The molecule has 2 aliphatic rings. The van der Waals surface area contributed by atoms with Crippen LogP contribution >= 0.6 is 0 Å². The Morgan fingerprint density at radius 1 is 1.00 bits per heavy atom. The van der Waals surface area contributed by atoms with Gasteiger partial charge in [0.1, 0.15) is 11.4 Å². The van der Waals surface area contributed by atoms with Crippen LogP contribution in [0.1, 0.15) is 5.76 Å². The molecule has 3 aromatic rings. The molecular formula is C19H12N4O3. The number of fused-ring (bicyclic) bond motifs is 3. The van der Waals surface area contributed by atoms with Crippen molar-refractivity contribution in [3.63, 3.8) is 0 Å². The Hall–Kier alpha value is -3.74. The Morgan fingerprint density at radius 2 is 1.88 bits per heavy atom. The van der Waals surface area contributed by atoms with E-state index in [9.17, 15) is 9.59 Å². The molecule has 7 heteroatoms. The second-order valence-corrected chi connectivity index (χ2v) is 6.01. The van der Waals surface area contributed by atoms with Crippen molar-refractivity contribution in [3.05, 3.63) is 81.4 Å². The lowest BCUT2D eigenvalue weighted by Gasteiger charge is -2.16. The fourth-order valence-electron chi connectivity index (χ4n) is 3.19. The van der Waals surface area contributed by atoms with Gasteiger partial charge in [0.05, 0.1) is 23.9 Å². The van der Waals surface area contributed by atoms with Gasteiger partial charge in [-0.3, -0.25) is 9.78 Å². The van der Waals surface area contributed by atoms with Crippen molar-refractivity contribution in [1.82, 2.24) is 19.5 Å². The Balaban J connectivity index is 1.95. The summed E-state index contributed by atoms with van der Waals surface area (Å²) >= 11 is 0. The van der Waals surface area contributed by atoms with E-state index in [1.54, 1.807) is 23.0 Å². The Kier molecular flexibility index (Phi) is 3.02. The van der Waals surface area contributed by atoms with Gasteiger partial charge >= 0.3 is 5.69 Å². The maximum absolute atomic E-state index is 12.3. The average molecular weight is 344 g/mol. The van der Waals surface area contributed by atoms with E-state index in [1.807, 2.05) is 36.4 Å². The first kappa shape index (κ1) is 14.6. The van der Waals surface area contributed by atoms with Crippen molar-refractivity contribution < 1.29 is 4.42 Å². The monoisotopic (exact) mass is 344 g/mol. The van der Waals surface area contributed by atoms with Crippen molar-refractivity contribution >= 4 is 21.9 Å². The van der Waals surface area contributed by atoms with Gasteiger partial charge in [0.15, 0.2) is 5.82 Å². The van der Waals surface area contributed by atoms with Crippen molar-refractivity contribution in [1.29, 1.82) is 0 Å². The highest BCUT2D eigenvalue weighted by Gasteiger charge is 2.19. The fraction of sp³-hybridized carbons (Fsp3) is 0.0526. The predicted molar refractivity (Wildman–Crippen MR) is 96.4 cm³/mol. The lowest BCUT2D eigenvalue weighted by atomic mass is 10.1. The second-order valence-electron chi connectivity index (χ2n) is 6.01. The molecule has 0 atom stereocenters. The minimum atomic E-state index is -0.684. The van der Waals surface area contributed by atoms with Gasteiger partial charge in [0, 0.05) is 10.8 Å². The lowest BCUT2D eigenvalue weighted by molar-refractivity contribution is 0.495. The molecule has 4 heterocycles. The molecule has 0 saturated carbocycles. The van der Waals surface area contributed by atoms with Crippen LogP contribution in [0.25, 0.3) is 33.3 Å². The third-order valence-electron chi connectivity index (χ3n) is 4.35. The molecule has 0 radical (unpaired) electrons. The van der Waals surface area contributed by atoms with Crippen molar-refractivity contribution in [2.45, 2.75) is 6.54 Å². The summed E-state index contributed by atoms with van der Waals surface area (Å²) in [6, 6.07) is 15.0. The molecule has 0 aliphatic carbocycles. The number of nitrogens with zero attached hydrogens (tertiary/aromatic N) is 3. The Bertz CT molecular complexity index is 1350. The van der Waals surface area contributed by atoms with E-state index in [0.29, 0.717) is 23.5 Å². The molecular weight excluding hydrogens is 332 g/mol. The number of aromatic nitrogens is 4. The molecule has 0 unspecified atom stereocenters. The number of rotatable bonds is 2. The molecule has 0 saturated heterocycles. The normalized spacial score (nSPS) is 11.5. The fourth-order valence-corrected chi connectivity index (χ4v) is 3.19. The molecule has 2 aliphatic heterocycles. The summed E-state index contributed by atoms with van der Waals surface area (Å²) in [4.78, 5) is 35.1. The van der Waals surface area contributed by atoms with E-state index in [4.69, 9.17) is 9.40 Å². The van der Waals surface area contributed by atoms with Crippen molar-refractivity contribution in [3.8, 4) is 11.4 Å². The number of benzene rings is 1. The van der Waals surface area contributed by atoms with E-state index in [2.05, 4.69) is 9.97 Å². The number of nitrogens with one attached hydrogen (secondary N) is 1. The number of para-hydroxylation sites is 1. The highest BCUT2D eigenvalue weighted by Crippen LogP contribution is 2.26.